The van der Waals surface area contributed by atoms with Crippen molar-refractivity contribution in [2.24, 2.45) is 0 Å². The molecule has 138 valence electrons. The Morgan fingerprint density at radius 1 is 1.52 bits per heavy atom. The Balaban J connectivity index is 1.96. The van der Waals surface area contributed by atoms with E-state index >= 15 is 0 Å². The fraction of sp³-hybridized carbons (Fsp3) is 0.643. The van der Waals surface area contributed by atoms with Gasteiger partial charge < -0.3 is 29.8 Å². The molecule has 0 radical (unpaired) electrons. The van der Waals surface area contributed by atoms with E-state index in [0.717, 1.165) is 0 Å². The van der Waals surface area contributed by atoms with E-state index in [1.54, 1.807) is 17.9 Å². The van der Waals surface area contributed by atoms with Crippen LogP contribution < -0.4 is 5.73 Å². The quantitative estimate of drug-likeness (QED) is 0.522. The van der Waals surface area contributed by atoms with Gasteiger partial charge in [-0.3, -0.25) is 0 Å². The molecule has 1 aliphatic carbocycles. The van der Waals surface area contributed by atoms with Crippen molar-refractivity contribution in [2.75, 3.05) is 25.4 Å². The zero-order chi connectivity index (χ0) is 18.6. The fourth-order valence-electron chi connectivity index (χ4n) is 3.12. The maximum absolute atomic E-state index is 11.9. The number of nitrogen functional groups attached to an aromatic ring is 1. The largest absolute Gasteiger partial charge is 0.387 e. The molecule has 1 fully saturated rings. The maximum atomic E-state index is 11.9. The van der Waals surface area contributed by atoms with Crippen LogP contribution in [0.15, 0.2) is 6.33 Å². The molecule has 2 aromatic rings. The Bertz CT molecular complexity index is 851. The number of nitrogens with zero attached hydrogens (tertiary/aromatic N) is 4. The number of aromatic nitrogens is 4. The van der Waals surface area contributed by atoms with Gasteiger partial charge in [0.25, 0.3) is 0 Å². The average molecular weight is 390 g/mol. The highest BCUT2D eigenvalue weighted by molar-refractivity contribution is 7.62. The zero-order valence-corrected chi connectivity index (χ0v) is 15.8. The predicted octanol–water partition coefficient (Wildman–Crippen LogP) is 1.08. The van der Waals surface area contributed by atoms with Crippen molar-refractivity contribution in [2.45, 2.75) is 37.2 Å². The summed E-state index contributed by atoms with van der Waals surface area (Å²) in [5, 5.41) is 21.4. The minimum atomic E-state index is -2.41. The van der Waals surface area contributed by atoms with Crippen molar-refractivity contribution in [3.05, 3.63) is 11.5 Å². The maximum Gasteiger partial charge on any atom is 0.223 e. The van der Waals surface area contributed by atoms with Crippen LogP contribution in [0.5, 0.6) is 0 Å². The van der Waals surface area contributed by atoms with E-state index in [0.29, 0.717) is 17.6 Å². The Morgan fingerprint density at radius 3 is 2.84 bits per heavy atom. The number of imidazole rings is 1. The highest BCUT2D eigenvalue weighted by Gasteiger charge is 2.52. The number of nitrogens with two attached hydrogens (primary N) is 1. The lowest BCUT2D eigenvalue weighted by molar-refractivity contribution is -0.0984. The van der Waals surface area contributed by atoms with Gasteiger partial charge in [-0.05, 0) is 26.7 Å². The molecule has 4 atom stereocenters. The number of anilines is 1. The summed E-state index contributed by atoms with van der Waals surface area (Å²) in [6, 6.07) is -0.573. The van der Waals surface area contributed by atoms with Crippen LogP contribution in [0.1, 0.15) is 19.4 Å². The van der Waals surface area contributed by atoms with Crippen LogP contribution in [0.25, 0.3) is 11.2 Å². The molecule has 0 spiro atoms. The SMILES string of the molecule is C[C@@]1(O)[C@H](O)[C@@H](OCP(C)(C)=O)C[C@H]1n1cnc2c(Cl)nc(N)nc21. The molecule has 1 saturated carbocycles. The van der Waals surface area contributed by atoms with Crippen LogP contribution in [-0.4, -0.2) is 67.2 Å². The highest BCUT2D eigenvalue weighted by atomic mass is 35.5. The molecule has 1 aliphatic rings. The molecule has 0 amide bonds. The Morgan fingerprint density at radius 2 is 2.20 bits per heavy atom. The van der Waals surface area contributed by atoms with Crippen molar-refractivity contribution < 1.29 is 19.5 Å². The number of rotatable bonds is 4. The van der Waals surface area contributed by atoms with Gasteiger partial charge in [-0.1, -0.05) is 11.6 Å². The predicted molar refractivity (Wildman–Crippen MR) is 94.2 cm³/mol. The van der Waals surface area contributed by atoms with E-state index in [1.807, 2.05) is 0 Å². The molecule has 11 heteroatoms. The molecule has 0 bridgehead atoms. The van der Waals surface area contributed by atoms with Crippen molar-refractivity contribution in [3.63, 3.8) is 0 Å². The first-order valence-electron chi connectivity index (χ1n) is 7.72. The first kappa shape index (κ1) is 18.5. The van der Waals surface area contributed by atoms with Crippen molar-refractivity contribution >= 4 is 35.9 Å². The van der Waals surface area contributed by atoms with E-state index in [9.17, 15) is 14.8 Å². The lowest BCUT2D eigenvalue weighted by Crippen LogP contribution is -2.44. The van der Waals surface area contributed by atoms with E-state index < -0.39 is 31.0 Å². The van der Waals surface area contributed by atoms with Gasteiger partial charge in [-0.25, -0.2) is 4.98 Å². The Labute approximate surface area is 149 Å². The number of hydrogen-bond donors (Lipinski definition) is 3. The summed E-state index contributed by atoms with van der Waals surface area (Å²) in [7, 11) is -2.41. The van der Waals surface area contributed by atoms with Crippen LogP contribution in [0.2, 0.25) is 5.15 Å². The highest BCUT2D eigenvalue weighted by Crippen LogP contribution is 2.44. The Hall–Kier alpha value is -1.25. The van der Waals surface area contributed by atoms with Gasteiger partial charge in [0, 0.05) is 0 Å². The van der Waals surface area contributed by atoms with E-state index in [-0.39, 0.29) is 17.4 Å². The number of halogens is 1. The summed E-state index contributed by atoms with van der Waals surface area (Å²) < 4.78 is 19.1. The fourth-order valence-corrected chi connectivity index (χ4v) is 3.89. The minimum Gasteiger partial charge on any atom is -0.387 e. The average Bonchev–Trinajstić information content (AvgIpc) is 2.97. The number of fused-ring (bicyclic) bond motifs is 1. The molecular weight excluding hydrogens is 369 g/mol. The summed E-state index contributed by atoms with van der Waals surface area (Å²) in [5.41, 5.74) is 4.88. The minimum absolute atomic E-state index is 0.0110. The second-order valence-corrected chi connectivity index (χ2v) is 10.8. The monoisotopic (exact) mass is 389 g/mol. The summed E-state index contributed by atoms with van der Waals surface area (Å²) >= 11 is 6.04. The number of aliphatic hydroxyl groups is 2. The van der Waals surface area contributed by atoms with Gasteiger partial charge in [0.2, 0.25) is 5.95 Å². The molecule has 9 nitrogen and oxygen atoms in total. The molecule has 4 N–H and O–H groups in total. The molecule has 0 aromatic carbocycles. The van der Waals surface area contributed by atoms with Crippen molar-refractivity contribution in [1.29, 1.82) is 0 Å². The van der Waals surface area contributed by atoms with Crippen LogP contribution >= 0.6 is 18.7 Å². The molecule has 25 heavy (non-hydrogen) atoms. The third-order valence-corrected chi connectivity index (χ3v) is 5.45. The van der Waals surface area contributed by atoms with Gasteiger partial charge in [0.15, 0.2) is 10.8 Å². The van der Waals surface area contributed by atoms with Gasteiger partial charge in [-0.2, -0.15) is 9.97 Å². The van der Waals surface area contributed by atoms with E-state index in [2.05, 4.69) is 15.0 Å². The van der Waals surface area contributed by atoms with Gasteiger partial charge in [0.1, 0.15) is 24.4 Å². The van der Waals surface area contributed by atoms with Crippen LogP contribution in [-0.2, 0) is 9.30 Å². The molecule has 2 heterocycles. The van der Waals surface area contributed by atoms with E-state index in [1.165, 1.54) is 13.3 Å². The normalized spacial score (nSPS) is 30.2. The molecule has 0 aliphatic heterocycles. The molecule has 3 rings (SSSR count). The third-order valence-electron chi connectivity index (χ3n) is 4.41. The van der Waals surface area contributed by atoms with Gasteiger partial charge in [-0.15, -0.1) is 0 Å². The van der Waals surface area contributed by atoms with Crippen LogP contribution in [0.3, 0.4) is 0 Å². The van der Waals surface area contributed by atoms with Gasteiger partial charge >= 0.3 is 0 Å². The summed E-state index contributed by atoms with van der Waals surface area (Å²) in [4.78, 5) is 12.2. The van der Waals surface area contributed by atoms with Crippen LogP contribution in [0, 0.1) is 0 Å². The topological polar surface area (TPSA) is 136 Å². The number of ether oxygens (including phenoxy) is 1. The molecule has 0 unspecified atom stereocenters. The molecule has 0 saturated heterocycles. The lowest BCUT2D eigenvalue weighted by Gasteiger charge is -2.29. The zero-order valence-electron chi connectivity index (χ0n) is 14.1. The smallest absolute Gasteiger partial charge is 0.223 e. The molecular formula is C14H21ClN5O4P. The third kappa shape index (κ3) is 3.39. The van der Waals surface area contributed by atoms with E-state index in [4.69, 9.17) is 22.1 Å². The Kier molecular flexibility index (Phi) is 4.58. The summed E-state index contributed by atoms with van der Waals surface area (Å²) in [5.74, 6) is -0.0110. The second-order valence-electron chi connectivity index (χ2n) is 7.03. The number of hydrogen-bond acceptors (Lipinski definition) is 8. The van der Waals surface area contributed by atoms with Crippen molar-refractivity contribution in [1.82, 2.24) is 19.5 Å². The van der Waals surface area contributed by atoms with Crippen LogP contribution in [0.4, 0.5) is 5.95 Å². The standard InChI is InChI=1S/C14H21ClN5O4P/c1-14(22)8(4-7(10(14)21)24-6-25(2,3)23)20-5-17-9-11(15)18-13(16)19-12(9)20/h5,7-8,10,21-22H,4,6H2,1-3H3,(H2,16,18,19)/t7-,8+,10+,14-/m0/s1. The first-order chi connectivity index (χ1) is 11.5. The molecule has 2 aromatic heterocycles. The number of aliphatic hydroxyl groups excluding tert-OH is 1. The van der Waals surface area contributed by atoms with Crippen molar-refractivity contribution in [3.8, 4) is 0 Å². The van der Waals surface area contributed by atoms with Gasteiger partial charge in [0.05, 0.1) is 24.8 Å². The summed E-state index contributed by atoms with van der Waals surface area (Å²) in [6.07, 6.45) is -0.0233. The first-order valence-corrected chi connectivity index (χ1v) is 10.9. The summed E-state index contributed by atoms with van der Waals surface area (Å²) in [6.45, 7) is 4.73. The second kappa shape index (κ2) is 6.17. The lowest BCUT2D eigenvalue weighted by atomic mass is 9.98.